The van der Waals surface area contributed by atoms with Crippen LogP contribution in [0.1, 0.15) is 35.8 Å². The van der Waals surface area contributed by atoms with Crippen LogP contribution in [0, 0.1) is 18.7 Å². The number of pyridine rings is 2. The fraction of sp³-hybridized carbons (Fsp3) is 0.318. The summed E-state index contributed by atoms with van der Waals surface area (Å²) < 4.78 is 15.2. The molecule has 2 aromatic heterocycles. The van der Waals surface area contributed by atoms with Crippen molar-refractivity contribution in [2.45, 2.75) is 26.7 Å². The Morgan fingerprint density at radius 1 is 1.31 bits per heavy atom. The van der Waals surface area contributed by atoms with Crippen LogP contribution in [0.25, 0.3) is 11.0 Å². The zero-order chi connectivity index (χ0) is 20.5. The van der Waals surface area contributed by atoms with Gasteiger partial charge >= 0.3 is 0 Å². The van der Waals surface area contributed by atoms with Gasteiger partial charge in [0.05, 0.1) is 16.9 Å². The molecule has 1 aliphatic heterocycles. The Labute approximate surface area is 177 Å². The van der Waals surface area contributed by atoms with Gasteiger partial charge in [-0.2, -0.15) is 0 Å². The van der Waals surface area contributed by atoms with Gasteiger partial charge in [0.1, 0.15) is 5.82 Å². The minimum Gasteiger partial charge on any atom is -0.352 e. The quantitative estimate of drug-likeness (QED) is 0.568. The number of hydrogen-bond donors (Lipinski definition) is 1. The molecule has 150 valence electrons. The van der Waals surface area contributed by atoms with E-state index in [-0.39, 0.29) is 5.91 Å². The average Bonchev–Trinajstić information content (AvgIpc) is 2.69. The minimum atomic E-state index is -0.408. The molecular formula is C22H22BrFN4O. The number of amides is 1. The molecule has 0 radical (unpaired) electrons. The van der Waals surface area contributed by atoms with Crippen molar-refractivity contribution < 1.29 is 9.18 Å². The van der Waals surface area contributed by atoms with Crippen molar-refractivity contribution in [2.24, 2.45) is 5.92 Å². The van der Waals surface area contributed by atoms with Crippen molar-refractivity contribution in [3.63, 3.8) is 0 Å². The molecule has 4 rings (SSSR count). The van der Waals surface area contributed by atoms with Crippen LogP contribution < -0.4 is 5.32 Å². The molecule has 1 atom stereocenters. The van der Waals surface area contributed by atoms with Gasteiger partial charge in [-0.25, -0.2) is 14.4 Å². The van der Waals surface area contributed by atoms with Crippen molar-refractivity contribution in [2.75, 3.05) is 18.4 Å². The zero-order valence-electron chi connectivity index (χ0n) is 16.4. The number of carbonyl (C=O) groups excluding carboxylic acids is 1. The Morgan fingerprint density at radius 2 is 2.14 bits per heavy atom. The molecule has 3 aromatic rings. The first-order valence-electron chi connectivity index (χ1n) is 9.70. The van der Waals surface area contributed by atoms with Gasteiger partial charge in [0.15, 0.2) is 5.65 Å². The average molecular weight is 457 g/mol. The topological polar surface area (TPSA) is 58.1 Å². The molecule has 0 aliphatic carbocycles. The third-order valence-corrected chi connectivity index (χ3v) is 5.73. The number of carbonyl (C=O) groups is 1. The molecule has 1 saturated heterocycles. The van der Waals surface area contributed by atoms with Gasteiger partial charge in [0.2, 0.25) is 0 Å². The fourth-order valence-electron chi connectivity index (χ4n) is 3.74. The SMILES string of the molecule is Cc1ccc2c(Nc3ccc(Br)cc3F)c(C(=O)N3CCCC(C)C3)cnc2n1. The maximum Gasteiger partial charge on any atom is 0.257 e. The maximum absolute atomic E-state index is 14.5. The molecule has 1 aliphatic rings. The summed E-state index contributed by atoms with van der Waals surface area (Å²) in [7, 11) is 0. The first-order valence-corrected chi connectivity index (χ1v) is 10.5. The number of aryl methyl sites for hydroxylation is 1. The van der Waals surface area contributed by atoms with E-state index in [4.69, 9.17) is 0 Å². The number of benzene rings is 1. The van der Waals surface area contributed by atoms with Gasteiger partial charge in [-0.15, -0.1) is 0 Å². The van der Waals surface area contributed by atoms with Gasteiger partial charge in [0.25, 0.3) is 5.91 Å². The van der Waals surface area contributed by atoms with Gasteiger partial charge in [0, 0.05) is 34.8 Å². The highest BCUT2D eigenvalue weighted by molar-refractivity contribution is 9.10. The Morgan fingerprint density at radius 3 is 2.90 bits per heavy atom. The molecule has 0 spiro atoms. The first-order chi connectivity index (χ1) is 13.9. The molecule has 0 bridgehead atoms. The molecule has 1 amide bonds. The highest BCUT2D eigenvalue weighted by atomic mass is 79.9. The minimum absolute atomic E-state index is 0.0912. The lowest BCUT2D eigenvalue weighted by molar-refractivity contribution is 0.0684. The summed E-state index contributed by atoms with van der Waals surface area (Å²) in [6.45, 7) is 5.48. The lowest BCUT2D eigenvalue weighted by Crippen LogP contribution is -2.39. The summed E-state index contributed by atoms with van der Waals surface area (Å²) in [5.74, 6) is -0.0355. The van der Waals surface area contributed by atoms with Gasteiger partial charge < -0.3 is 10.2 Å². The number of rotatable bonds is 3. The predicted molar refractivity (Wildman–Crippen MR) is 116 cm³/mol. The number of halogens is 2. The standard InChI is InChI=1S/C22H22BrFN4O/c1-13-4-3-9-28(12-13)22(29)17-11-25-21-16(7-5-14(2)26-21)20(17)27-19-8-6-15(23)10-18(19)24/h5-8,10-11,13H,3-4,9,12H2,1-2H3,(H,25,26,27). The second-order valence-corrected chi connectivity index (χ2v) is 8.53. The van der Waals surface area contributed by atoms with Gasteiger partial charge in [-0.1, -0.05) is 22.9 Å². The van der Waals surface area contributed by atoms with Crippen LogP contribution in [-0.4, -0.2) is 33.9 Å². The summed E-state index contributed by atoms with van der Waals surface area (Å²) >= 11 is 3.28. The Kier molecular flexibility index (Phi) is 5.50. The number of nitrogens with one attached hydrogen (secondary N) is 1. The highest BCUT2D eigenvalue weighted by Crippen LogP contribution is 2.32. The highest BCUT2D eigenvalue weighted by Gasteiger charge is 2.26. The van der Waals surface area contributed by atoms with Crippen molar-refractivity contribution in [3.8, 4) is 0 Å². The van der Waals surface area contributed by atoms with Crippen molar-refractivity contribution >= 4 is 44.2 Å². The molecule has 1 N–H and O–H groups in total. The van der Waals surface area contributed by atoms with Crippen LogP contribution >= 0.6 is 15.9 Å². The number of piperidine rings is 1. The second kappa shape index (κ2) is 8.06. The second-order valence-electron chi connectivity index (χ2n) is 7.62. The van der Waals surface area contributed by atoms with E-state index >= 15 is 0 Å². The number of fused-ring (bicyclic) bond motifs is 1. The molecule has 1 fully saturated rings. The Hall–Kier alpha value is -2.54. The van der Waals surface area contributed by atoms with E-state index in [0.717, 1.165) is 31.6 Å². The third kappa shape index (κ3) is 4.10. The molecule has 3 heterocycles. The van der Waals surface area contributed by atoms with Crippen molar-refractivity contribution in [1.82, 2.24) is 14.9 Å². The summed E-state index contributed by atoms with van der Waals surface area (Å²) in [6.07, 6.45) is 3.66. The number of aromatic nitrogens is 2. The molecule has 5 nitrogen and oxygen atoms in total. The summed E-state index contributed by atoms with van der Waals surface area (Å²) in [5.41, 5.74) is 2.61. The van der Waals surface area contributed by atoms with Gasteiger partial charge in [-0.05, 0) is 56.0 Å². The van der Waals surface area contributed by atoms with E-state index in [9.17, 15) is 9.18 Å². The monoisotopic (exact) mass is 456 g/mol. The molecule has 0 saturated carbocycles. The van der Waals surface area contributed by atoms with E-state index in [1.165, 1.54) is 6.07 Å². The number of likely N-dealkylation sites (tertiary alicyclic amines) is 1. The molecule has 1 aromatic carbocycles. The molecule has 7 heteroatoms. The molecule has 29 heavy (non-hydrogen) atoms. The van der Waals surface area contributed by atoms with Crippen LogP contribution in [0.2, 0.25) is 0 Å². The number of nitrogens with zero attached hydrogens (tertiary/aromatic N) is 3. The maximum atomic E-state index is 14.5. The smallest absolute Gasteiger partial charge is 0.257 e. The largest absolute Gasteiger partial charge is 0.352 e. The van der Waals surface area contributed by atoms with E-state index in [1.807, 2.05) is 24.0 Å². The molecule has 1 unspecified atom stereocenters. The van der Waals surface area contributed by atoms with E-state index in [0.29, 0.717) is 38.4 Å². The van der Waals surface area contributed by atoms with E-state index in [1.54, 1.807) is 18.3 Å². The van der Waals surface area contributed by atoms with Crippen LogP contribution in [0.3, 0.4) is 0 Å². The number of hydrogen-bond acceptors (Lipinski definition) is 4. The van der Waals surface area contributed by atoms with Crippen LogP contribution in [0.5, 0.6) is 0 Å². The lowest BCUT2D eigenvalue weighted by Gasteiger charge is -2.31. The number of anilines is 2. The normalized spacial score (nSPS) is 16.8. The van der Waals surface area contributed by atoms with Gasteiger partial charge in [-0.3, -0.25) is 4.79 Å². The van der Waals surface area contributed by atoms with Crippen LogP contribution in [0.15, 0.2) is 41.0 Å². The van der Waals surface area contributed by atoms with E-state index < -0.39 is 5.82 Å². The first kappa shape index (κ1) is 19.8. The summed E-state index contributed by atoms with van der Waals surface area (Å²) in [4.78, 5) is 24.1. The van der Waals surface area contributed by atoms with Crippen molar-refractivity contribution in [3.05, 3.63) is 58.1 Å². The Bertz CT molecular complexity index is 1090. The fourth-order valence-corrected chi connectivity index (χ4v) is 4.07. The van der Waals surface area contributed by atoms with Crippen molar-refractivity contribution in [1.29, 1.82) is 0 Å². The third-order valence-electron chi connectivity index (χ3n) is 5.23. The van der Waals surface area contributed by atoms with E-state index in [2.05, 4.69) is 38.1 Å². The predicted octanol–water partition coefficient (Wildman–Crippen LogP) is 5.46. The summed E-state index contributed by atoms with van der Waals surface area (Å²) in [5, 5.41) is 3.83. The van der Waals surface area contributed by atoms with Crippen LogP contribution in [-0.2, 0) is 0 Å². The van der Waals surface area contributed by atoms with Crippen LogP contribution in [0.4, 0.5) is 15.8 Å². The lowest BCUT2D eigenvalue weighted by atomic mass is 9.99. The molecular weight excluding hydrogens is 435 g/mol. The Balaban J connectivity index is 1.82. The zero-order valence-corrected chi connectivity index (χ0v) is 18.0. The summed E-state index contributed by atoms with van der Waals surface area (Å²) in [6, 6.07) is 8.53.